The van der Waals surface area contributed by atoms with Crippen molar-refractivity contribution in [3.8, 4) is 0 Å². The Morgan fingerprint density at radius 2 is 2.12 bits per heavy atom. The van der Waals surface area contributed by atoms with Gasteiger partial charge in [0.15, 0.2) is 0 Å². The molecule has 0 amide bonds. The first-order chi connectivity index (χ1) is 8.13. The summed E-state index contributed by atoms with van der Waals surface area (Å²) in [5, 5.41) is 2.05. The molecule has 90 valence electrons. The van der Waals surface area contributed by atoms with Crippen molar-refractivity contribution < 1.29 is 4.39 Å². The van der Waals surface area contributed by atoms with Crippen molar-refractivity contribution >= 4 is 27.3 Å². The van der Waals surface area contributed by atoms with E-state index in [0.717, 1.165) is 16.5 Å². The Labute approximate surface area is 113 Å². The molecular weight excluding hydrogens is 301 g/mol. The summed E-state index contributed by atoms with van der Waals surface area (Å²) in [4.78, 5) is 1.25. The molecule has 2 aromatic rings. The van der Waals surface area contributed by atoms with E-state index in [2.05, 4.69) is 22.0 Å². The zero-order valence-electron chi connectivity index (χ0n) is 9.20. The number of rotatable bonds is 4. The molecule has 0 saturated heterocycles. The Kier molecular flexibility index (Phi) is 4.31. The topological polar surface area (TPSA) is 26.0 Å². The summed E-state index contributed by atoms with van der Waals surface area (Å²) < 4.78 is 14.1. The quantitative estimate of drug-likeness (QED) is 0.913. The van der Waals surface area contributed by atoms with Gasteiger partial charge in [-0.2, -0.15) is 0 Å². The van der Waals surface area contributed by atoms with E-state index in [0.29, 0.717) is 6.42 Å². The van der Waals surface area contributed by atoms with Crippen LogP contribution < -0.4 is 5.73 Å². The van der Waals surface area contributed by atoms with E-state index in [1.54, 1.807) is 23.5 Å². The standard InChI is InChI=1S/C13H13BrFNS/c14-10-6-13(17-8-10)7-12(16)5-9-2-1-3-11(15)4-9/h1-4,6,8,12H,5,7,16H2. The maximum absolute atomic E-state index is 13.0. The number of nitrogens with two attached hydrogens (primary N) is 1. The number of halogens is 2. The molecule has 0 aliphatic heterocycles. The van der Waals surface area contributed by atoms with Gasteiger partial charge in [0.05, 0.1) is 0 Å². The molecule has 1 nitrogen and oxygen atoms in total. The molecule has 1 heterocycles. The molecule has 0 aliphatic carbocycles. The summed E-state index contributed by atoms with van der Waals surface area (Å²) in [6.45, 7) is 0. The molecule has 2 rings (SSSR count). The van der Waals surface area contributed by atoms with Crippen molar-refractivity contribution in [2.45, 2.75) is 18.9 Å². The van der Waals surface area contributed by atoms with Crippen LogP contribution in [0.4, 0.5) is 4.39 Å². The Balaban J connectivity index is 1.95. The molecule has 1 atom stereocenters. The van der Waals surface area contributed by atoms with Crippen molar-refractivity contribution in [1.82, 2.24) is 0 Å². The van der Waals surface area contributed by atoms with E-state index >= 15 is 0 Å². The Bertz CT molecular complexity index is 498. The highest BCUT2D eigenvalue weighted by atomic mass is 79.9. The van der Waals surface area contributed by atoms with Crippen molar-refractivity contribution in [2.75, 3.05) is 0 Å². The van der Waals surface area contributed by atoms with Gasteiger partial charge in [0.25, 0.3) is 0 Å². The summed E-state index contributed by atoms with van der Waals surface area (Å²) >= 11 is 5.11. The van der Waals surface area contributed by atoms with Crippen molar-refractivity contribution in [3.63, 3.8) is 0 Å². The minimum atomic E-state index is -0.200. The Hall–Kier alpha value is -0.710. The van der Waals surface area contributed by atoms with Gasteiger partial charge in [-0.15, -0.1) is 11.3 Å². The molecule has 0 bridgehead atoms. The number of hydrogen-bond acceptors (Lipinski definition) is 2. The Morgan fingerprint density at radius 1 is 1.29 bits per heavy atom. The average molecular weight is 314 g/mol. The van der Waals surface area contributed by atoms with Crippen LogP contribution in [0.3, 0.4) is 0 Å². The lowest BCUT2D eigenvalue weighted by atomic mass is 10.0. The maximum Gasteiger partial charge on any atom is 0.123 e. The smallest absolute Gasteiger partial charge is 0.123 e. The van der Waals surface area contributed by atoms with Crippen LogP contribution in [0.5, 0.6) is 0 Å². The second kappa shape index (κ2) is 5.76. The first kappa shape index (κ1) is 12.7. The molecule has 1 aromatic carbocycles. The third-order valence-corrected chi connectivity index (χ3v) is 4.19. The maximum atomic E-state index is 13.0. The lowest BCUT2D eigenvalue weighted by Gasteiger charge is -2.10. The lowest BCUT2D eigenvalue weighted by molar-refractivity contribution is 0.619. The summed E-state index contributed by atoms with van der Waals surface area (Å²) in [7, 11) is 0. The fraction of sp³-hybridized carbons (Fsp3) is 0.231. The van der Waals surface area contributed by atoms with Crippen LogP contribution in [-0.4, -0.2) is 6.04 Å². The van der Waals surface area contributed by atoms with Gasteiger partial charge < -0.3 is 5.73 Å². The van der Waals surface area contributed by atoms with E-state index in [1.807, 2.05) is 11.4 Å². The monoisotopic (exact) mass is 313 g/mol. The lowest BCUT2D eigenvalue weighted by Crippen LogP contribution is -2.25. The van der Waals surface area contributed by atoms with Crippen LogP contribution in [0.25, 0.3) is 0 Å². The first-order valence-corrected chi connectivity index (χ1v) is 7.03. The number of thiophene rings is 1. The molecule has 2 N–H and O–H groups in total. The van der Waals surface area contributed by atoms with Gasteiger partial charge in [0.2, 0.25) is 0 Å². The predicted octanol–water partition coefficient (Wildman–Crippen LogP) is 3.76. The van der Waals surface area contributed by atoms with Crippen molar-refractivity contribution in [3.05, 3.63) is 56.4 Å². The predicted molar refractivity (Wildman–Crippen MR) is 73.8 cm³/mol. The summed E-state index contributed by atoms with van der Waals surface area (Å²) in [6, 6.07) is 8.74. The molecule has 0 fully saturated rings. The van der Waals surface area contributed by atoms with Gasteiger partial charge >= 0.3 is 0 Å². The minimum Gasteiger partial charge on any atom is -0.327 e. The highest BCUT2D eigenvalue weighted by Crippen LogP contribution is 2.21. The van der Waals surface area contributed by atoms with Gasteiger partial charge in [-0.25, -0.2) is 4.39 Å². The average Bonchev–Trinajstić information content (AvgIpc) is 2.63. The van der Waals surface area contributed by atoms with Crippen molar-refractivity contribution in [1.29, 1.82) is 0 Å². The number of hydrogen-bond donors (Lipinski definition) is 1. The SMILES string of the molecule is NC(Cc1cccc(F)c1)Cc1cc(Br)cs1. The van der Waals surface area contributed by atoms with E-state index in [1.165, 1.54) is 10.9 Å². The summed E-state index contributed by atoms with van der Waals surface area (Å²) in [5.74, 6) is -0.200. The normalized spacial score (nSPS) is 12.6. The van der Waals surface area contributed by atoms with Gasteiger partial charge in [-0.3, -0.25) is 0 Å². The zero-order valence-corrected chi connectivity index (χ0v) is 11.6. The van der Waals surface area contributed by atoms with E-state index in [-0.39, 0.29) is 11.9 Å². The second-order valence-electron chi connectivity index (χ2n) is 4.03. The van der Waals surface area contributed by atoms with Crippen LogP contribution in [0.1, 0.15) is 10.4 Å². The van der Waals surface area contributed by atoms with Gasteiger partial charge in [-0.05, 0) is 52.5 Å². The van der Waals surface area contributed by atoms with Crippen molar-refractivity contribution in [2.24, 2.45) is 5.73 Å². The third-order valence-electron chi connectivity index (χ3n) is 2.47. The fourth-order valence-corrected chi connectivity index (χ4v) is 3.30. The molecule has 0 spiro atoms. The highest BCUT2D eigenvalue weighted by molar-refractivity contribution is 9.10. The summed E-state index contributed by atoms with van der Waals surface area (Å²) in [5.41, 5.74) is 7.02. The number of benzene rings is 1. The molecule has 4 heteroatoms. The van der Waals surface area contributed by atoms with Crippen LogP contribution in [0, 0.1) is 5.82 Å². The van der Waals surface area contributed by atoms with Crippen LogP contribution >= 0.6 is 27.3 Å². The molecule has 1 aromatic heterocycles. The molecular formula is C13H13BrFNS. The third kappa shape index (κ3) is 3.91. The highest BCUT2D eigenvalue weighted by Gasteiger charge is 2.07. The molecule has 0 radical (unpaired) electrons. The van der Waals surface area contributed by atoms with Gasteiger partial charge in [-0.1, -0.05) is 12.1 Å². The van der Waals surface area contributed by atoms with E-state index in [4.69, 9.17) is 5.73 Å². The molecule has 0 aliphatic rings. The molecule has 17 heavy (non-hydrogen) atoms. The first-order valence-electron chi connectivity index (χ1n) is 5.36. The summed E-state index contributed by atoms with van der Waals surface area (Å²) in [6.07, 6.45) is 1.53. The minimum absolute atomic E-state index is 0.0300. The van der Waals surface area contributed by atoms with Crippen LogP contribution in [0.15, 0.2) is 40.2 Å². The largest absolute Gasteiger partial charge is 0.327 e. The molecule has 0 saturated carbocycles. The van der Waals surface area contributed by atoms with Crippen LogP contribution in [0.2, 0.25) is 0 Å². The molecule has 1 unspecified atom stereocenters. The van der Waals surface area contributed by atoms with E-state index < -0.39 is 0 Å². The fourth-order valence-electron chi connectivity index (χ4n) is 1.76. The Morgan fingerprint density at radius 3 is 2.76 bits per heavy atom. The van der Waals surface area contributed by atoms with Crippen LogP contribution in [-0.2, 0) is 12.8 Å². The zero-order chi connectivity index (χ0) is 12.3. The van der Waals surface area contributed by atoms with Gasteiger partial charge in [0.1, 0.15) is 5.82 Å². The second-order valence-corrected chi connectivity index (χ2v) is 5.94. The van der Waals surface area contributed by atoms with E-state index in [9.17, 15) is 4.39 Å². The van der Waals surface area contributed by atoms with Gasteiger partial charge in [0, 0.05) is 20.8 Å².